The fraction of sp³-hybridized carbons (Fsp3) is 0.650. The zero-order valence-electron chi connectivity index (χ0n) is 16.3. The number of hydrogen-bond acceptors (Lipinski definition) is 6. The van der Waals surface area contributed by atoms with E-state index in [0.717, 1.165) is 12.8 Å². The van der Waals surface area contributed by atoms with Crippen molar-refractivity contribution in [2.45, 2.75) is 68.1 Å². The fourth-order valence-electron chi connectivity index (χ4n) is 3.55. The summed E-state index contributed by atoms with van der Waals surface area (Å²) in [4.78, 5) is 11.1. The molecule has 0 spiro atoms. The summed E-state index contributed by atoms with van der Waals surface area (Å²) >= 11 is 0. The van der Waals surface area contributed by atoms with E-state index in [0.29, 0.717) is 62.5 Å². The molecule has 1 saturated heterocycles. The first-order valence-electron chi connectivity index (χ1n) is 9.76. The number of unbranched alkanes of at least 4 members (excludes halogenated alkanes) is 1. The molecule has 2 rings (SSSR count). The van der Waals surface area contributed by atoms with Crippen LogP contribution in [0.3, 0.4) is 0 Å². The van der Waals surface area contributed by atoms with Crippen molar-refractivity contribution in [3.05, 3.63) is 24.3 Å². The van der Waals surface area contributed by atoms with E-state index in [9.17, 15) is 13.2 Å². The maximum atomic E-state index is 13.5. The molecule has 1 aliphatic heterocycles. The summed E-state index contributed by atoms with van der Waals surface area (Å²) in [6.07, 6.45) is 3.53. The minimum atomic E-state index is -3.58. The van der Waals surface area contributed by atoms with Crippen LogP contribution in [0.1, 0.15) is 52.4 Å². The highest BCUT2D eigenvalue weighted by Gasteiger charge is 2.46. The number of benzene rings is 1. The summed E-state index contributed by atoms with van der Waals surface area (Å²) in [6, 6.07) is 6.69. The normalized spacial score (nSPS) is 17.9. The SMILES string of the molecule is CCCCOc1ccc(S(=O)(=O)C2(CC(CC)OC=O)CCNCC2)cc1. The van der Waals surface area contributed by atoms with Gasteiger partial charge in [-0.2, -0.15) is 0 Å². The molecule has 0 radical (unpaired) electrons. The number of carbonyl (C=O) groups is 1. The predicted octanol–water partition coefficient (Wildman–Crippen LogP) is 3.10. The van der Waals surface area contributed by atoms with Crippen molar-refractivity contribution in [2.24, 2.45) is 0 Å². The monoisotopic (exact) mass is 397 g/mol. The first-order valence-corrected chi connectivity index (χ1v) is 11.2. The molecule has 1 N–H and O–H groups in total. The summed E-state index contributed by atoms with van der Waals surface area (Å²) in [7, 11) is -3.58. The van der Waals surface area contributed by atoms with Gasteiger partial charge in [-0.05, 0) is 63.0 Å². The van der Waals surface area contributed by atoms with E-state index in [4.69, 9.17) is 9.47 Å². The lowest BCUT2D eigenvalue weighted by Crippen LogP contribution is -2.49. The zero-order valence-corrected chi connectivity index (χ0v) is 17.1. The Bertz CT molecular complexity index is 681. The van der Waals surface area contributed by atoms with Crippen LogP contribution in [0, 0.1) is 0 Å². The number of piperidine rings is 1. The van der Waals surface area contributed by atoms with E-state index in [1.54, 1.807) is 24.3 Å². The fourth-order valence-corrected chi connectivity index (χ4v) is 5.69. The van der Waals surface area contributed by atoms with Crippen molar-refractivity contribution in [3.8, 4) is 5.75 Å². The van der Waals surface area contributed by atoms with Crippen LogP contribution in [0.15, 0.2) is 29.2 Å². The van der Waals surface area contributed by atoms with E-state index in [-0.39, 0.29) is 0 Å². The van der Waals surface area contributed by atoms with E-state index in [1.165, 1.54) is 0 Å². The van der Waals surface area contributed by atoms with Gasteiger partial charge in [0.25, 0.3) is 6.47 Å². The van der Waals surface area contributed by atoms with Gasteiger partial charge in [0.2, 0.25) is 0 Å². The van der Waals surface area contributed by atoms with Gasteiger partial charge in [0, 0.05) is 6.42 Å². The Balaban J connectivity index is 2.26. The Morgan fingerprint density at radius 2 is 1.85 bits per heavy atom. The second-order valence-corrected chi connectivity index (χ2v) is 9.42. The first-order chi connectivity index (χ1) is 13.0. The molecule has 1 aromatic carbocycles. The molecule has 0 saturated carbocycles. The third-order valence-corrected chi connectivity index (χ3v) is 7.90. The van der Waals surface area contributed by atoms with Gasteiger partial charge in [-0.1, -0.05) is 20.3 Å². The molecule has 1 heterocycles. The van der Waals surface area contributed by atoms with Gasteiger partial charge in [0.15, 0.2) is 9.84 Å². The number of rotatable bonds is 11. The Labute approximate surface area is 162 Å². The highest BCUT2D eigenvalue weighted by atomic mass is 32.2. The molecule has 152 valence electrons. The summed E-state index contributed by atoms with van der Waals surface area (Å²) in [5, 5.41) is 3.23. The van der Waals surface area contributed by atoms with Gasteiger partial charge < -0.3 is 14.8 Å². The molecular weight excluding hydrogens is 366 g/mol. The number of ether oxygens (including phenoxy) is 2. The summed E-state index contributed by atoms with van der Waals surface area (Å²) in [6.45, 7) is 6.30. The molecule has 6 nitrogen and oxygen atoms in total. The molecule has 27 heavy (non-hydrogen) atoms. The Kier molecular flexibility index (Phi) is 8.10. The van der Waals surface area contributed by atoms with Crippen molar-refractivity contribution in [3.63, 3.8) is 0 Å². The van der Waals surface area contributed by atoms with Crippen LogP contribution >= 0.6 is 0 Å². The maximum Gasteiger partial charge on any atom is 0.293 e. The molecule has 0 bridgehead atoms. The Morgan fingerprint density at radius 3 is 2.41 bits per heavy atom. The van der Waals surface area contributed by atoms with Gasteiger partial charge in [0.1, 0.15) is 11.9 Å². The van der Waals surface area contributed by atoms with Crippen LogP contribution in [0.4, 0.5) is 0 Å². The second-order valence-electron chi connectivity index (χ2n) is 7.08. The van der Waals surface area contributed by atoms with Crippen LogP contribution in [0.2, 0.25) is 0 Å². The second kappa shape index (κ2) is 10.1. The van der Waals surface area contributed by atoms with Gasteiger partial charge in [0.05, 0.1) is 16.2 Å². The molecule has 0 aliphatic carbocycles. The molecule has 7 heteroatoms. The average molecular weight is 398 g/mol. The van der Waals surface area contributed by atoms with Crippen molar-refractivity contribution in [2.75, 3.05) is 19.7 Å². The van der Waals surface area contributed by atoms with Crippen molar-refractivity contribution in [1.29, 1.82) is 0 Å². The largest absolute Gasteiger partial charge is 0.494 e. The standard InChI is InChI=1S/C20H31NO5S/c1-3-5-14-25-18-6-8-19(9-7-18)27(23,24)20(10-12-21-13-11-20)15-17(4-2)26-16-22/h6-9,16-17,21H,3-5,10-15H2,1-2H3. The van der Waals surface area contributed by atoms with E-state index in [1.807, 2.05) is 6.92 Å². The molecule has 0 aromatic heterocycles. The molecule has 1 fully saturated rings. The van der Waals surface area contributed by atoms with Crippen LogP contribution < -0.4 is 10.1 Å². The van der Waals surface area contributed by atoms with Gasteiger partial charge in [-0.25, -0.2) is 8.42 Å². The molecule has 0 amide bonds. The average Bonchev–Trinajstić information content (AvgIpc) is 2.69. The number of nitrogens with one attached hydrogen (secondary N) is 1. The summed E-state index contributed by atoms with van der Waals surface area (Å²) in [5.74, 6) is 0.678. The molecule has 1 aliphatic rings. The van der Waals surface area contributed by atoms with Crippen LogP contribution in [0.25, 0.3) is 0 Å². The number of hydrogen-bond donors (Lipinski definition) is 1. The molecule has 1 unspecified atom stereocenters. The smallest absolute Gasteiger partial charge is 0.293 e. The first kappa shape index (κ1) is 21.7. The van der Waals surface area contributed by atoms with Gasteiger partial charge >= 0.3 is 0 Å². The van der Waals surface area contributed by atoms with Crippen LogP contribution in [0.5, 0.6) is 5.75 Å². The Hall–Kier alpha value is -1.60. The van der Waals surface area contributed by atoms with Crippen molar-refractivity contribution < 1.29 is 22.7 Å². The minimum Gasteiger partial charge on any atom is -0.494 e. The lowest BCUT2D eigenvalue weighted by molar-refractivity contribution is -0.134. The topological polar surface area (TPSA) is 81.7 Å². The van der Waals surface area contributed by atoms with Gasteiger partial charge in [-0.3, -0.25) is 4.79 Å². The number of carbonyl (C=O) groups excluding carboxylic acids is 1. The third kappa shape index (κ3) is 5.23. The van der Waals surface area contributed by atoms with Crippen molar-refractivity contribution in [1.82, 2.24) is 5.32 Å². The Morgan fingerprint density at radius 1 is 1.19 bits per heavy atom. The van der Waals surface area contributed by atoms with E-state index < -0.39 is 20.7 Å². The molecule has 1 atom stereocenters. The lowest BCUT2D eigenvalue weighted by atomic mass is 9.90. The summed E-state index contributed by atoms with van der Waals surface area (Å²) in [5.41, 5.74) is 0. The van der Waals surface area contributed by atoms with E-state index in [2.05, 4.69) is 12.2 Å². The zero-order chi connectivity index (χ0) is 19.8. The predicted molar refractivity (Wildman–Crippen MR) is 105 cm³/mol. The van der Waals surface area contributed by atoms with E-state index >= 15 is 0 Å². The van der Waals surface area contributed by atoms with Crippen LogP contribution in [-0.2, 0) is 19.4 Å². The minimum absolute atomic E-state index is 0.299. The lowest BCUT2D eigenvalue weighted by Gasteiger charge is -2.38. The highest BCUT2D eigenvalue weighted by molar-refractivity contribution is 7.92. The number of sulfone groups is 1. The maximum absolute atomic E-state index is 13.5. The quantitative estimate of drug-likeness (QED) is 0.456. The molecular formula is C20H31NO5S. The molecule has 1 aromatic rings. The van der Waals surface area contributed by atoms with Crippen LogP contribution in [-0.4, -0.2) is 45.4 Å². The van der Waals surface area contributed by atoms with Gasteiger partial charge in [-0.15, -0.1) is 0 Å². The summed E-state index contributed by atoms with van der Waals surface area (Å²) < 4.78 is 36.9. The third-order valence-electron chi connectivity index (χ3n) is 5.29. The van der Waals surface area contributed by atoms with Crippen molar-refractivity contribution >= 4 is 16.3 Å². The highest BCUT2D eigenvalue weighted by Crippen LogP contribution is 2.39.